The number of sulfonamides is 1. The summed E-state index contributed by atoms with van der Waals surface area (Å²) in [5.41, 5.74) is 1.03. The molecule has 3 rings (SSSR count). The Hall–Kier alpha value is -2.38. The van der Waals surface area contributed by atoms with E-state index in [1.807, 2.05) is 44.2 Å². The number of hydrogen-bond donors (Lipinski definition) is 1. The summed E-state index contributed by atoms with van der Waals surface area (Å²) in [5.74, 6) is -1.14. The van der Waals surface area contributed by atoms with Crippen molar-refractivity contribution in [3.63, 3.8) is 0 Å². The van der Waals surface area contributed by atoms with Crippen LogP contribution in [-0.2, 0) is 10.0 Å². The van der Waals surface area contributed by atoms with Crippen LogP contribution in [0.15, 0.2) is 59.5 Å². The number of rotatable bonds is 4. The molecule has 1 fully saturated rings. The molecule has 1 saturated heterocycles. The van der Waals surface area contributed by atoms with Crippen molar-refractivity contribution in [3.05, 3.63) is 60.2 Å². The van der Waals surface area contributed by atoms with Crippen molar-refractivity contribution in [1.82, 2.24) is 4.31 Å². The molecule has 0 bridgehead atoms. The van der Waals surface area contributed by atoms with Crippen LogP contribution >= 0.6 is 0 Å². The minimum atomic E-state index is -3.75. The number of nitrogens with zero attached hydrogens (tertiary/aromatic N) is 2. The van der Waals surface area contributed by atoms with Gasteiger partial charge in [0.2, 0.25) is 10.0 Å². The smallest absolute Gasteiger partial charge is 0.335 e. The lowest BCUT2D eigenvalue weighted by Crippen LogP contribution is -2.58. The molecule has 0 spiro atoms. The average Bonchev–Trinajstić information content (AvgIpc) is 2.62. The maximum absolute atomic E-state index is 13.0. The van der Waals surface area contributed by atoms with Gasteiger partial charge in [-0.05, 0) is 44.2 Å². The molecule has 0 aromatic heterocycles. The second-order valence-electron chi connectivity index (χ2n) is 6.60. The van der Waals surface area contributed by atoms with Crippen molar-refractivity contribution in [2.75, 3.05) is 18.0 Å². The highest BCUT2D eigenvalue weighted by atomic mass is 32.2. The third kappa shape index (κ3) is 3.45. The fourth-order valence-corrected chi connectivity index (χ4v) is 5.17. The summed E-state index contributed by atoms with van der Waals surface area (Å²) in [5, 5.41) is 9.12. The SMILES string of the molecule is CC1CN(S(=O)(=O)c2cccc(C(=O)O)c2)CC(C)N1c1ccccc1. The normalized spacial score (nSPS) is 21.5. The molecule has 138 valence electrons. The highest BCUT2D eigenvalue weighted by Gasteiger charge is 2.36. The third-order valence-electron chi connectivity index (χ3n) is 4.66. The first-order valence-electron chi connectivity index (χ1n) is 8.47. The molecule has 0 saturated carbocycles. The largest absolute Gasteiger partial charge is 0.478 e. The highest BCUT2D eigenvalue weighted by Crippen LogP contribution is 2.28. The molecule has 2 unspecified atom stereocenters. The number of carboxylic acids is 1. The molecule has 1 heterocycles. The Morgan fingerprint density at radius 1 is 1.00 bits per heavy atom. The molecular formula is C19H22N2O4S. The molecule has 2 atom stereocenters. The molecular weight excluding hydrogens is 352 g/mol. The minimum absolute atomic E-state index is 0.00131. The number of benzene rings is 2. The minimum Gasteiger partial charge on any atom is -0.478 e. The van der Waals surface area contributed by atoms with E-state index in [1.165, 1.54) is 28.6 Å². The molecule has 1 N–H and O–H groups in total. The van der Waals surface area contributed by atoms with Crippen molar-refractivity contribution in [1.29, 1.82) is 0 Å². The number of para-hydroxylation sites is 1. The van der Waals surface area contributed by atoms with Gasteiger partial charge in [-0.25, -0.2) is 13.2 Å². The van der Waals surface area contributed by atoms with Crippen molar-refractivity contribution >= 4 is 21.7 Å². The van der Waals surface area contributed by atoms with E-state index >= 15 is 0 Å². The van der Waals surface area contributed by atoms with Crippen LogP contribution in [0.5, 0.6) is 0 Å². The van der Waals surface area contributed by atoms with Gasteiger partial charge < -0.3 is 10.0 Å². The van der Waals surface area contributed by atoms with Gasteiger partial charge in [0.05, 0.1) is 10.5 Å². The molecule has 2 aromatic carbocycles. The fraction of sp³-hybridized carbons (Fsp3) is 0.316. The number of anilines is 1. The second-order valence-corrected chi connectivity index (χ2v) is 8.53. The first-order valence-corrected chi connectivity index (χ1v) is 9.91. The van der Waals surface area contributed by atoms with Gasteiger partial charge in [-0.15, -0.1) is 0 Å². The summed E-state index contributed by atoms with van der Waals surface area (Å²) >= 11 is 0. The van der Waals surface area contributed by atoms with E-state index in [0.29, 0.717) is 13.1 Å². The van der Waals surface area contributed by atoms with Gasteiger partial charge in [0.1, 0.15) is 0 Å². The van der Waals surface area contributed by atoms with Crippen molar-refractivity contribution in [3.8, 4) is 0 Å². The second kappa shape index (κ2) is 7.09. The van der Waals surface area contributed by atoms with Gasteiger partial charge >= 0.3 is 5.97 Å². The molecule has 2 aromatic rings. The van der Waals surface area contributed by atoms with Crippen molar-refractivity contribution in [2.45, 2.75) is 30.8 Å². The van der Waals surface area contributed by atoms with E-state index in [1.54, 1.807) is 0 Å². The molecule has 1 aliphatic heterocycles. The zero-order valence-corrected chi connectivity index (χ0v) is 15.6. The highest BCUT2D eigenvalue weighted by molar-refractivity contribution is 7.89. The molecule has 0 radical (unpaired) electrons. The Kier molecular flexibility index (Phi) is 5.02. The number of carboxylic acid groups (broad SMARTS) is 1. The van der Waals surface area contributed by atoms with E-state index in [4.69, 9.17) is 5.11 Å². The fourth-order valence-electron chi connectivity index (χ4n) is 3.52. The lowest BCUT2D eigenvalue weighted by Gasteiger charge is -2.45. The van der Waals surface area contributed by atoms with Gasteiger partial charge in [0.25, 0.3) is 0 Å². The summed E-state index contributed by atoms with van der Waals surface area (Å²) in [6.07, 6.45) is 0. The number of carbonyl (C=O) groups is 1. The first kappa shape index (κ1) is 18.4. The summed E-state index contributed by atoms with van der Waals surface area (Å²) in [6.45, 7) is 4.69. The Labute approximate surface area is 153 Å². The van der Waals surface area contributed by atoms with Crippen LogP contribution in [-0.4, -0.2) is 49.0 Å². The van der Waals surface area contributed by atoms with Gasteiger partial charge in [0, 0.05) is 30.9 Å². The Morgan fingerprint density at radius 2 is 1.62 bits per heavy atom. The van der Waals surface area contributed by atoms with E-state index < -0.39 is 16.0 Å². The van der Waals surface area contributed by atoms with Gasteiger partial charge in [-0.1, -0.05) is 24.3 Å². The van der Waals surface area contributed by atoms with Crippen LogP contribution in [0, 0.1) is 0 Å². The topological polar surface area (TPSA) is 77.9 Å². The number of hydrogen-bond acceptors (Lipinski definition) is 4. The first-order chi connectivity index (χ1) is 12.3. The Balaban J connectivity index is 1.87. The van der Waals surface area contributed by atoms with E-state index in [-0.39, 0.29) is 22.5 Å². The molecule has 0 amide bonds. The Bertz CT molecular complexity index is 887. The van der Waals surface area contributed by atoms with Crippen LogP contribution in [0.1, 0.15) is 24.2 Å². The summed E-state index contributed by atoms with van der Waals surface area (Å²) in [4.78, 5) is 13.4. The lowest BCUT2D eigenvalue weighted by molar-refractivity contribution is 0.0696. The van der Waals surface area contributed by atoms with Crippen LogP contribution in [0.25, 0.3) is 0 Å². The predicted octanol–water partition coefficient (Wildman–Crippen LogP) is 2.67. The summed E-state index contributed by atoms with van der Waals surface area (Å²) in [7, 11) is -3.75. The van der Waals surface area contributed by atoms with Crippen molar-refractivity contribution in [2.24, 2.45) is 0 Å². The quantitative estimate of drug-likeness (QED) is 0.890. The monoisotopic (exact) mass is 374 g/mol. The zero-order valence-electron chi connectivity index (χ0n) is 14.7. The zero-order chi connectivity index (χ0) is 18.9. The van der Waals surface area contributed by atoms with Crippen LogP contribution in [0.2, 0.25) is 0 Å². The molecule has 7 heteroatoms. The van der Waals surface area contributed by atoms with E-state index in [2.05, 4.69) is 4.90 Å². The summed E-state index contributed by atoms with van der Waals surface area (Å²) < 4.78 is 27.5. The van der Waals surface area contributed by atoms with Gasteiger partial charge in [-0.2, -0.15) is 4.31 Å². The standard InChI is InChI=1S/C19H22N2O4S/c1-14-12-20(13-15(2)21(14)17-8-4-3-5-9-17)26(24,25)18-10-6-7-16(11-18)19(22)23/h3-11,14-15H,12-13H2,1-2H3,(H,22,23). The van der Waals surface area contributed by atoms with Gasteiger partial charge in [-0.3, -0.25) is 0 Å². The molecule has 26 heavy (non-hydrogen) atoms. The van der Waals surface area contributed by atoms with Crippen LogP contribution in [0.4, 0.5) is 5.69 Å². The van der Waals surface area contributed by atoms with Crippen molar-refractivity contribution < 1.29 is 18.3 Å². The summed E-state index contributed by atoms with van der Waals surface area (Å²) in [6, 6.07) is 15.4. The van der Waals surface area contributed by atoms with Gasteiger partial charge in [0.15, 0.2) is 0 Å². The van der Waals surface area contributed by atoms with Crippen LogP contribution in [0.3, 0.4) is 0 Å². The molecule has 1 aliphatic rings. The maximum atomic E-state index is 13.0. The lowest BCUT2D eigenvalue weighted by atomic mass is 10.1. The maximum Gasteiger partial charge on any atom is 0.335 e. The molecule has 0 aliphatic carbocycles. The predicted molar refractivity (Wildman–Crippen MR) is 100 cm³/mol. The van der Waals surface area contributed by atoms with E-state index in [0.717, 1.165) is 5.69 Å². The average molecular weight is 374 g/mol. The van der Waals surface area contributed by atoms with Crippen LogP contribution < -0.4 is 4.90 Å². The number of piperazine rings is 1. The number of aromatic carboxylic acids is 1. The third-order valence-corrected chi connectivity index (χ3v) is 6.49. The Morgan fingerprint density at radius 3 is 2.19 bits per heavy atom. The molecule has 6 nitrogen and oxygen atoms in total. The van der Waals surface area contributed by atoms with E-state index in [9.17, 15) is 13.2 Å².